The van der Waals surface area contributed by atoms with Crippen LogP contribution in [0.1, 0.15) is 38.3 Å². The Morgan fingerprint density at radius 2 is 1.57 bits per heavy atom. The normalized spacial score (nSPS) is 22.3. The Morgan fingerprint density at radius 3 is 2.17 bits per heavy atom. The van der Waals surface area contributed by atoms with E-state index in [4.69, 9.17) is 4.74 Å². The van der Waals surface area contributed by atoms with E-state index < -0.39 is 0 Å². The van der Waals surface area contributed by atoms with Gasteiger partial charge in [0.2, 0.25) is 0 Å². The lowest BCUT2D eigenvalue weighted by Crippen LogP contribution is -2.28. The SMILES string of the molecule is CC(C)C[C@@]1(C)OC(c2ccccc2)=C/C1=C\c1ccccc1. The van der Waals surface area contributed by atoms with Gasteiger partial charge < -0.3 is 4.74 Å². The summed E-state index contributed by atoms with van der Waals surface area (Å²) in [7, 11) is 0. The summed E-state index contributed by atoms with van der Waals surface area (Å²) in [6.45, 7) is 6.69. The van der Waals surface area contributed by atoms with Crippen molar-refractivity contribution in [2.24, 2.45) is 5.92 Å². The summed E-state index contributed by atoms with van der Waals surface area (Å²) < 4.78 is 6.42. The van der Waals surface area contributed by atoms with Crippen LogP contribution >= 0.6 is 0 Å². The third kappa shape index (κ3) is 3.56. The Labute approximate surface area is 139 Å². The lowest BCUT2D eigenvalue weighted by Gasteiger charge is -2.29. The minimum absolute atomic E-state index is 0.269. The fourth-order valence-corrected chi connectivity index (χ4v) is 3.23. The third-order valence-electron chi connectivity index (χ3n) is 4.21. The molecule has 0 aliphatic carbocycles. The molecule has 0 saturated carbocycles. The predicted octanol–water partition coefficient (Wildman–Crippen LogP) is 5.95. The molecule has 0 unspecified atom stereocenters. The molecule has 2 aromatic rings. The summed E-state index contributed by atoms with van der Waals surface area (Å²) in [6.07, 6.45) is 5.45. The average Bonchev–Trinajstić information content (AvgIpc) is 2.85. The van der Waals surface area contributed by atoms with Crippen molar-refractivity contribution < 1.29 is 4.74 Å². The molecule has 1 aliphatic heterocycles. The van der Waals surface area contributed by atoms with Crippen molar-refractivity contribution in [1.82, 2.24) is 0 Å². The van der Waals surface area contributed by atoms with E-state index in [0.29, 0.717) is 5.92 Å². The number of benzene rings is 2. The summed E-state index contributed by atoms with van der Waals surface area (Å²) in [6, 6.07) is 20.8. The van der Waals surface area contributed by atoms with Crippen LogP contribution in [-0.2, 0) is 4.74 Å². The molecule has 3 rings (SSSR count). The molecule has 0 bridgehead atoms. The zero-order valence-electron chi connectivity index (χ0n) is 14.1. The molecule has 1 nitrogen and oxygen atoms in total. The van der Waals surface area contributed by atoms with Gasteiger partial charge in [0.15, 0.2) is 0 Å². The van der Waals surface area contributed by atoms with E-state index in [0.717, 1.165) is 17.7 Å². The van der Waals surface area contributed by atoms with Crippen LogP contribution in [0.3, 0.4) is 0 Å². The van der Waals surface area contributed by atoms with E-state index in [1.54, 1.807) is 0 Å². The summed E-state index contributed by atoms with van der Waals surface area (Å²) in [5.74, 6) is 1.54. The first-order chi connectivity index (χ1) is 11.1. The molecule has 0 radical (unpaired) electrons. The first-order valence-electron chi connectivity index (χ1n) is 8.30. The van der Waals surface area contributed by atoms with Crippen molar-refractivity contribution in [2.75, 3.05) is 0 Å². The van der Waals surface area contributed by atoms with E-state index in [9.17, 15) is 0 Å². The highest BCUT2D eigenvalue weighted by atomic mass is 16.5. The maximum absolute atomic E-state index is 6.42. The summed E-state index contributed by atoms with van der Waals surface area (Å²) in [5, 5.41) is 0. The van der Waals surface area contributed by atoms with E-state index in [1.807, 2.05) is 12.1 Å². The number of hydrogen-bond donors (Lipinski definition) is 0. The lowest BCUT2D eigenvalue weighted by atomic mass is 9.87. The molecular formula is C22H24O. The van der Waals surface area contributed by atoms with Gasteiger partial charge in [-0.2, -0.15) is 0 Å². The van der Waals surface area contributed by atoms with Crippen LogP contribution in [0.4, 0.5) is 0 Å². The molecule has 1 atom stereocenters. The largest absolute Gasteiger partial charge is 0.482 e. The smallest absolute Gasteiger partial charge is 0.132 e. The van der Waals surface area contributed by atoms with Gasteiger partial charge >= 0.3 is 0 Å². The van der Waals surface area contributed by atoms with Crippen LogP contribution in [0.15, 0.2) is 72.3 Å². The van der Waals surface area contributed by atoms with Crippen molar-refractivity contribution >= 4 is 11.8 Å². The molecule has 0 saturated heterocycles. The van der Waals surface area contributed by atoms with Gasteiger partial charge in [-0.1, -0.05) is 74.5 Å². The van der Waals surface area contributed by atoms with Gasteiger partial charge in [0.1, 0.15) is 11.4 Å². The molecule has 0 fully saturated rings. The molecule has 0 amide bonds. The van der Waals surface area contributed by atoms with Gasteiger partial charge in [-0.25, -0.2) is 0 Å². The first kappa shape index (κ1) is 15.6. The highest BCUT2D eigenvalue weighted by molar-refractivity contribution is 5.72. The summed E-state index contributed by atoms with van der Waals surface area (Å²) in [5.41, 5.74) is 3.33. The molecule has 1 aliphatic rings. The van der Waals surface area contributed by atoms with Crippen LogP contribution in [-0.4, -0.2) is 5.60 Å². The number of ether oxygens (including phenoxy) is 1. The molecule has 1 heteroatoms. The Hall–Kier alpha value is -2.28. The second-order valence-electron chi connectivity index (χ2n) is 6.82. The van der Waals surface area contributed by atoms with Crippen LogP contribution < -0.4 is 0 Å². The Kier molecular flexibility index (Phi) is 4.38. The Morgan fingerprint density at radius 1 is 0.957 bits per heavy atom. The molecule has 23 heavy (non-hydrogen) atoms. The van der Waals surface area contributed by atoms with Gasteiger partial charge in [-0.05, 0) is 42.6 Å². The molecule has 0 spiro atoms. The zero-order valence-corrected chi connectivity index (χ0v) is 14.1. The van der Waals surface area contributed by atoms with Crippen molar-refractivity contribution in [1.29, 1.82) is 0 Å². The van der Waals surface area contributed by atoms with Gasteiger partial charge in [0.05, 0.1) is 0 Å². The topological polar surface area (TPSA) is 9.23 Å². The minimum atomic E-state index is -0.269. The summed E-state index contributed by atoms with van der Waals surface area (Å²) >= 11 is 0. The Balaban J connectivity index is 2.00. The van der Waals surface area contributed by atoms with Gasteiger partial charge in [-0.15, -0.1) is 0 Å². The molecular weight excluding hydrogens is 280 g/mol. The Bertz CT molecular complexity index is 710. The highest BCUT2D eigenvalue weighted by Crippen LogP contribution is 2.42. The van der Waals surface area contributed by atoms with Crippen LogP contribution in [0.25, 0.3) is 11.8 Å². The predicted molar refractivity (Wildman–Crippen MR) is 97.8 cm³/mol. The quantitative estimate of drug-likeness (QED) is 0.678. The van der Waals surface area contributed by atoms with Crippen LogP contribution in [0.5, 0.6) is 0 Å². The second-order valence-corrected chi connectivity index (χ2v) is 6.82. The monoisotopic (exact) mass is 304 g/mol. The van der Waals surface area contributed by atoms with Crippen molar-refractivity contribution in [3.63, 3.8) is 0 Å². The zero-order chi connectivity index (χ0) is 16.3. The minimum Gasteiger partial charge on any atom is -0.482 e. The number of rotatable bonds is 4. The first-order valence-corrected chi connectivity index (χ1v) is 8.30. The fourth-order valence-electron chi connectivity index (χ4n) is 3.23. The van der Waals surface area contributed by atoms with E-state index >= 15 is 0 Å². The molecule has 2 aromatic carbocycles. The third-order valence-corrected chi connectivity index (χ3v) is 4.21. The van der Waals surface area contributed by atoms with Crippen molar-refractivity contribution in [2.45, 2.75) is 32.8 Å². The second kappa shape index (κ2) is 6.45. The van der Waals surface area contributed by atoms with E-state index in [-0.39, 0.29) is 5.60 Å². The van der Waals surface area contributed by atoms with Crippen molar-refractivity contribution in [3.05, 3.63) is 83.4 Å². The standard InChI is InChI=1S/C22H24O/c1-17(2)16-22(3)20(14-18-10-6-4-7-11-18)15-21(23-22)19-12-8-5-9-13-19/h4-15,17H,16H2,1-3H3/b20-14+/t22-/m1/s1. The van der Waals surface area contributed by atoms with Gasteiger partial charge in [-0.3, -0.25) is 0 Å². The molecule has 118 valence electrons. The van der Waals surface area contributed by atoms with Crippen LogP contribution in [0.2, 0.25) is 0 Å². The van der Waals surface area contributed by atoms with Gasteiger partial charge in [0.25, 0.3) is 0 Å². The van der Waals surface area contributed by atoms with Crippen molar-refractivity contribution in [3.8, 4) is 0 Å². The van der Waals surface area contributed by atoms with E-state index in [1.165, 1.54) is 11.1 Å². The average molecular weight is 304 g/mol. The number of hydrogen-bond acceptors (Lipinski definition) is 1. The fraction of sp³-hybridized carbons (Fsp3) is 0.273. The maximum atomic E-state index is 6.42. The van der Waals surface area contributed by atoms with Crippen LogP contribution in [0, 0.1) is 5.92 Å². The highest BCUT2D eigenvalue weighted by Gasteiger charge is 2.37. The molecule has 1 heterocycles. The van der Waals surface area contributed by atoms with E-state index in [2.05, 4.69) is 81.5 Å². The molecule has 0 aromatic heterocycles. The van der Waals surface area contributed by atoms with Gasteiger partial charge in [0, 0.05) is 5.56 Å². The summed E-state index contributed by atoms with van der Waals surface area (Å²) in [4.78, 5) is 0. The lowest BCUT2D eigenvalue weighted by molar-refractivity contribution is 0.0899. The maximum Gasteiger partial charge on any atom is 0.132 e. The molecule has 0 N–H and O–H groups in total.